The second kappa shape index (κ2) is 5.11. The predicted octanol–water partition coefficient (Wildman–Crippen LogP) is 1.58. The highest BCUT2D eigenvalue weighted by molar-refractivity contribution is 5.93. The number of nitrogens with two attached hydrogens (primary N) is 1. The quantitative estimate of drug-likeness (QED) is 0.362. The van der Waals surface area contributed by atoms with E-state index in [-0.39, 0.29) is 0 Å². The van der Waals surface area contributed by atoms with E-state index in [1.807, 2.05) is 0 Å². The lowest BCUT2D eigenvalue weighted by Crippen LogP contribution is -2.06. The van der Waals surface area contributed by atoms with Crippen LogP contribution in [0.25, 0.3) is 6.08 Å². The van der Waals surface area contributed by atoms with Gasteiger partial charge in [0, 0.05) is 5.69 Å². The Bertz CT molecular complexity index is 450. The molecule has 0 unspecified atom stereocenters. The molecule has 4 heteroatoms. The van der Waals surface area contributed by atoms with Crippen molar-refractivity contribution in [3.05, 3.63) is 34.9 Å². The monoisotopic (exact) mass is 219 g/mol. The molecule has 0 amide bonds. The number of ether oxygens (including phenoxy) is 1. The fourth-order valence-electron chi connectivity index (χ4n) is 1.33. The zero-order valence-corrected chi connectivity index (χ0v) is 9.19. The predicted molar refractivity (Wildman–Crippen MR) is 62.0 cm³/mol. The number of methoxy groups -OCH3 is 1. The summed E-state index contributed by atoms with van der Waals surface area (Å²) in [5.74, 6) is -0.439. The van der Waals surface area contributed by atoms with E-state index >= 15 is 0 Å². The minimum atomic E-state index is -0.439. The van der Waals surface area contributed by atoms with E-state index in [0.29, 0.717) is 28.7 Å². The number of hydrogen-bond acceptors (Lipinski definition) is 4. The Balaban J connectivity index is 3.26. The van der Waals surface area contributed by atoms with Crippen molar-refractivity contribution in [1.82, 2.24) is 0 Å². The zero-order chi connectivity index (χ0) is 12.1. The summed E-state index contributed by atoms with van der Waals surface area (Å²) in [6, 6.07) is 3.33. The van der Waals surface area contributed by atoms with Crippen molar-refractivity contribution in [2.75, 3.05) is 12.8 Å². The highest BCUT2D eigenvalue weighted by Crippen LogP contribution is 2.20. The normalized spacial score (nSPS) is 10.4. The Kier molecular flexibility index (Phi) is 3.83. The molecule has 0 atom stereocenters. The van der Waals surface area contributed by atoms with Crippen LogP contribution in [-0.2, 0) is 9.53 Å². The molecule has 1 aromatic carbocycles. The van der Waals surface area contributed by atoms with Gasteiger partial charge in [-0.2, -0.15) is 0 Å². The summed E-state index contributed by atoms with van der Waals surface area (Å²) in [6.07, 6.45) is 3.58. The maximum Gasteiger partial charge on any atom is 0.338 e. The summed E-state index contributed by atoms with van der Waals surface area (Å²) < 4.78 is 4.64. The van der Waals surface area contributed by atoms with Crippen molar-refractivity contribution in [1.29, 1.82) is 0 Å². The highest BCUT2D eigenvalue weighted by atomic mass is 16.5. The largest absolute Gasteiger partial charge is 0.465 e. The number of allylic oxidation sites excluding steroid dienone is 1. The second-order valence-electron chi connectivity index (χ2n) is 3.27. The summed E-state index contributed by atoms with van der Waals surface area (Å²) in [5.41, 5.74) is 8.03. The van der Waals surface area contributed by atoms with E-state index in [1.165, 1.54) is 13.2 Å². The molecule has 0 saturated carbocycles. The number of carbonyl (C=O) groups is 2. The fraction of sp³-hybridized carbons (Fsp3) is 0.167. The number of hydrogen-bond donors (Lipinski definition) is 1. The van der Waals surface area contributed by atoms with Crippen molar-refractivity contribution in [3.8, 4) is 0 Å². The van der Waals surface area contributed by atoms with Crippen LogP contribution in [-0.4, -0.2) is 19.4 Å². The number of nitrogen functional groups attached to an aromatic ring is 1. The van der Waals surface area contributed by atoms with E-state index < -0.39 is 5.97 Å². The van der Waals surface area contributed by atoms with Gasteiger partial charge in [-0.05, 0) is 36.3 Å². The Morgan fingerprint density at radius 3 is 2.69 bits per heavy atom. The minimum Gasteiger partial charge on any atom is -0.465 e. The van der Waals surface area contributed by atoms with Crippen LogP contribution in [0.4, 0.5) is 5.69 Å². The van der Waals surface area contributed by atoms with Crippen molar-refractivity contribution in [3.63, 3.8) is 0 Å². The van der Waals surface area contributed by atoms with E-state index in [2.05, 4.69) is 4.74 Å². The maximum atomic E-state index is 11.4. The number of esters is 1. The Morgan fingerprint density at radius 1 is 1.44 bits per heavy atom. The van der Waals surface area contributed by atoms with Gasteiger partial charge in [-0.3, -0.25) is 4.79 Å². The SMILES string of the molecule is COC(=O)c1cc(C=CC=O)cc(N)c1C. The molecule has 0 aliphatic carbocycles. The van der Waals surface area contributed by atoms with Crippen LogP contribution in [0.15, 0.2) is 18.2 Å². The number of rotatable bonds is 3. The lowest BCUT2D eigenvalue weighted by molar-refractivity contribution is -0.104. The molecule has 0 fully saturated rings. The molecule has 1 rings (SSSR count). The molecule has 0 radical (unpaired) electrons. The first-order valence-electron chi connectivity index (χ1n) is 4.70. The molecule has 4 nitrogen and oxygen atoms in total. The van der Waals surface area contributed by atoms with Gasteiger partial charge in [0.1, 0.15) is 6.29 Å². The molecule has 1 aromatic rings. The molecule has 0 aliphatic rings. The highest BCUT2D eigenvalue weighted by Gasteiger charge is 2.11. The third-order valence-corrected chi connectivity index (χ3v) is 2.24. The van der Waals surface area contributed by atoms with Gasteiger partial charge in [-0.15, -0.1) is 0 Å². The molecule has 0 spiro atoms. The smallest absolute Gasteiger partial charge is 0.338 e. The van der Waals surface area contributed by atoms with Gasteiger partial charge in [0.2, 0.25) is 0 Å². The summed E-state index contributed by atoms with van der Waals surface area (Å²) in [5, 5.41) is 0. The van der Waals surface area contributed by atoms with Gasteiger partial charge in [0.25, 0.3) is 0 Å². The van der Waals surface area contributed by atoms with Gasteiger partial charge < -0.3 is 10.5 Å². The number of anilines is 1. The first-order valence-corrected chi connectivity index (χ1v) is 4.70. The summed E-state index contributed by atoms with van der Waals surface area (Å²) in [4.78, 5) is 21.6. The summed E-state index contributed by atoms with van der Waals surface area (Å²) in [7, 11) is 1.31. The van der Waals surface area contributed by atoms with Crippen LogP contribution >= 0.6 is 0 Å². The summed E-state index contributed by atoms with van der Waals surface area (Å²) in [6.45, 7) is 1.74. The molecule has 0 aliphatic heterocycles. The number of carbonyl (C=O) groups excluding carboxylic acids is 2. The fourth-order valence-corrected chi connectivity index (χ4v) is 1.33. The van der Waals surface area contributed by atoms with Crippen molar-refractivity contribution in [2.45, 2.75) is 6.92 Å². The summed E-state index contributed by atoms with van der Waals surface area (Å²) >= 11 is 0. The van der Waals surface area contributed by atoms with Crippen molar-refractivity contribution in [2.24, 2.45) is 0 Å². The Hall–Kier alpha value is -2.10. The average Bonchev–Trinajstić information content (AvgIpc) is 2.29. The zero-order valence-electron chi connectivity index (χ0n) is 9.19. The average molecular weight is 219 g/mol. The maximum absolute atomic E-state index is 11.4. The molecular formula is C12H13NO3. The number of benzene rings is 1. The lowest BCUT2D eigenvalue weighted by Gasteiger charge is -2.08. The van der Waals surface area contributed by atoms with Crippen LogP contribution in [0, 0.1) is 6.92 Å². The van der Waals surface area contributed by atoms with Crippen LogP contribution in [0.1, 0.15) is 21.5 Å². The van der Waals surface area contributed by atoms with Crippen LogP contribution in [0.5, 0.6) is 0 Å². The Morgan fingerprint density at radius 2 is 2.12 bits per heavy atom. The molecular weight excluding hydrogens is 206 g/mol. The molecule has 0 heterocycles. The van der Waals surface area contributed by atoms with Gasteiger partial charge in [0.05, 0.1) is 12.7 Å². The van der Waals surface area contributed by atoms with E-state index in [9.17, 15) is 9.59 Å². The third-order valence-electron chi connectivity index (χ3n) is 2.24. The molecule has 2 N–H and O–H groups in total. The third kappa shape index (κ3) is 2.48. The van der Waals surface area contributed by atoms with Gasteiger partial charge in [-0.1, -0.05) is 6.08 Å². The van der Waals surface area contributed by atoms with E-state index in [4.69, 9.17) is 5.73 Å². The van der Waals surface area contributed by atoms with Crippen LogP contribution in [0.3, 0.4) is 0 Å². The topological polar surface area (TPSA) is 69.4 Å². The first kappa shape index (κ1) is 12.0. The van der Waals surface area contributed by atoms with Gasteiger partial charge in [0.15, 0.2) is 0 Å². The lowest BCUT2D eigenvalue weighted by atomic mass is 10.0. The van der Waals surface area contributed by atoms with E-state index in [0.717, 1.165) is 0 Å². The van der Waals surface area contributed by atoms with Gasteiger partial charge in [-0.25, -0.2) is 4.79 Å². The van der Waals surface area contributed by atoms with Gasteiger partial charge >= 0.3 is 5.97 Å². The molecule has 16 heavy (non-hydrogen) atoms. The minimum absolute atomic E-state index is 0.410. The second-order valence-corrected chi connectivity index (χ2v) is 3.27. The molecule has 0 aromatic heterocycles. The van der Waals surface area contributed by atoms with Crippen LogP contribution < -0.4 is 5.73 Å². The molecule has 0 saturated heterocycles. The Labute approximate surface area is 93.7 Å². The number of aldehydes is 1. The van der Waals surface area contributed by atoms with Crippen molar-refractivity contribution < 1.29 is 14.3 Å². The first-order chi connectivity index (χ1) is 7.60. The van der Waals surface area contributed by atoms with E-state index in [1.54, 1.807) is 25.1 Å². The standard InChI is InChI=1S/C12H13NO3/c1-8-10(12(15)16-2)6-9(4-3-5-14)7-11(8)13/h3-7H,13H2,1-2H3. The molecule has 0 bridgehead atoms. The van der Waals surface area contributed by atoms with Crippen molar-refractivity contribution >= 4 is 24.0 Å². The van der Waals surface area contributed by atoms with Crippen LogP contribution in [0.2, 0.25) is 0 Å². The molecule has 84 valence electrons.